The molecule has 0 amide bonds. The van der Waals surface area contributed by atoms with Crippen molar-refractivity contribution >= 4 is 0 Å². The quantitative estimate of drug-likeness (QED) is 0.611. The standard InChI is InChI=1S/C21H20O/c1-16-8-10-19(11-9-16)20-12-13-21(17(2)14-20)22-15-18-6-4-3-5-7-18/h3-14H,15H2,1-2H3. The maximum Gasteiger partial charge on any atom is 0.122 e. The molecule has 0 aromatic heterocycles. The van der Waals surface area contributed by atoms with Crippen molar-refractivity contribution in [3.8, 4) is 16.9 Å². The van der Waals surface area contributed by atoms with Gasteiger partial charge in [-0.1, -0.05) is 66.2 Å². The summed E-state index contributed by atoms with van der Waals surface area (Å²) in [5.41, 5.74) is 6.09. The summed E-state index contributed by atoms with van der Waals surface area (Å²) in [6, 6.07) is 25.2. The van der Waals surface area contributed by atoms with Crippen LogP contribution in [0, 0.1) is 13.8 Å². The molecule has 0 heterocycles. The molecule has 0 radical (unpaired) electrons. The zero-order valence-electron chi connectivity index (χ0n) is 13.0. The summed E-state index contributed by atoms with van der Waals surface area (Å²) in [5, 5.41) is 0. The molecule has 0 spiro atoms. The average Bonchev–Trinajstić information content (AvgIpc) is 2.55. The maximum absolute atomic E-state index is 5.93. The molecule has 22 heavy (non-hydrogen) atoms. The first-order valence-corrected chi connectivity index (χ1v) is 7.57. The molecule has 110 valence electrons. The molecule has 0 atom stereocenters. The highest BCUT2D eigenvalue weighted by Gasteiger charge is 2.04. The van der Waals surface area contributed by atoms with E-state index in [1.54, 1.807) is 0 Å². The Kier molecular flexibility index (Phi) is 4.24. The van der Waals surface area contributed by atoms with Gasteiger partial charge in [0.25, 0.3) is 0 Å². The highest BCUT2D eigenvalue weighted by Crippen LogP contribution is 2.27. The molecule has 3 aromatic carbocycles. The monoisotopic (exact) mass is 288 g/mol. The number of ether oxygens (including phenoxy) is 1. The van der Waals surface area contributed by atoms with Crippen LogP contribution in [0.15, 0.2) is 72.8 Å². The molecule has 0 saturated carbocycles. The fourth-order valence-electron chi connectivity index (χ4n) is 2.47. The lowest BCUT2D eigenvalue weighted by Crippen LogP contribution is -1.96. The van der Waals surface area contributed by atoms with Gasteiger partial charge in [0.05, 0.1) is 0 Å². The Balaban J connectivity index is 1.76. The van der Waals surface area contributed by atoms with Crippen LogP contribution in [-0.4, -0.2) is 0 Å². The second-order valence-corrected chi connectivity index (χ2v) is 5.62. The molecule has 1 nitrogen and oxygen atoms in total. The highest BCUT2D eigenvalue weighted by molar-refractivity contribution is 5.65. The largest absolute Gasteiger partial charge is 0.489 e. The lowest BCUT2D eigenvalue weighted by Gasteiger charge is -2.11. The van der Waals surface area contributed by atoms with Crippen LogP contribution in [0.25, 0.3) is 11.1 Å². The summed E-state index contributed by atoms with van der Waals surface area (Å²) in [4.78, 5) is 0. The summed E-state index contributed by atoms with van der Waals surface area (Å²) in [6.07, 6.45) is 0. The lowest BCUT2D eigenvalue weighted by atomic mass is 10.0. The van der Waals surface area contributed by atoms with Gasteiger partial charge in [-0.15, -0.1) is 0 Å². The van der Waals surface area contributed by atoms with E-state index in [9.17, 15) is 0 Å². The van der Waals surface area contributed by atoms with Crippen molar-refractivity contribution in [3.63, 3.8) is 0 Å². The summed E-state index contributed by atoms with van der Waals surface area (Å²) in [5.74, 6) is 0.944. The Hall–Kier alpha value is -2.54. The van der Waals surface area contributed by atoms with Gasteiger partial charge in [-0.3, -0.25) is 0 Å². The van der Waals surface area contributed by atoms with Gasteiger partial charge in [-0.05, 0) is 48.2 Å². The molecule has 3 rings (SSSR count). The zero-order chi connectivity index (χ0) is 15.4. The van der Waals surface area contributed by atoms with Crippen LogP contribution in [0.3, 0.4) is 0 Å². The topological polar surface area (TPSA) is 9.23 Å². The number of aryl methyl sites for hydroxylation is 2. The number of hydrogen-bond acceptors (Lipinski definition) is 1. The van der Waals surface area contributed by atoms with Crippen molar-refractivity contribution in [2.45, 2.75) is 20.5 Å². The van der Waals surface area contributed by atoms with Crippen LogP contribution in [-0.2, 0) is 6.61 Å². The number of benzene rings is 3. The molecule has 0 fully saturated rings. The van der Waals surface area contributed by atoms with Gasteiger partial charge in [0, 0.05) is 0 Å². The predicted molar refractivity (Wildman–Crippen MR) is 92.1 cm³/mol. The Morgan fingerprint density at radius 2 is 1.41 bits per heavy atom. The maximum atomic E-state index is 5.93. The third kappa shape index (κ3) is 3.37. The van der Waals surface area contributed by atoms with E-state index in [-0.39, 0.29) is 0 Å². The van der Waals surface area contributed by atoms with Crippen LogP contribution in [0.5, 0.6) is 5.75 Å². The van der Waals surface area contributed by atoms with Gasteiger partial charge in [0.1, 0.15) is 12.4 Å². The minimum absolute atomic E-state index is 0.603. The summed E-state index contributed by atoms with van der Waals surface area (Å²) in [7, 11) is 0. The lowest BCUT2D eigenvalue weighted by molar-refractivity contribution is 0.304. The van der Waals surface area contributed by atoms with Gasteiger partial charge >= 0.3 is 0 Å². The molecular formula is C21H20O. The SMILES string of the molecule is Cc1ccc(-c2ccc(OCc3ccccc3)c(C)c2)cc1. The van der Waals surface area contributed by atoms with E-state index in [1.165, 1.54) is 22.3 Å². The van der Waals surface area contributed by atoms with Gasteiger partial charge in [0.2, 0.25) is 0 Å². The molecule has 3 aromatic rings. The second-order valence-electron chi connectivity index (χ2n) is 5.62. The van der Waals surface area contributed by atoms with Gasteiger partial charge in [-0.2, -0.15) is 0 Å². The van der Waals surface area contributed by atoms with Crippen molar-refractivity contribution in [3.05, 3.63) is 89.5 Å². The van der Waals surface area contributed by atoms with Crippen molar-refractivity contribution in [1.29, 1.82) is 0 Å². The number of rotatable bonds is 4. The summed E-state index contributed by atoms with van der Waals surface area (Å²) < 4.78 is 5.93. The first-order chi connectivity index (χ1) is 10.7. The van der Waals surface area contributed by atoms with Crippen molar-refractivity contribution in [2.75, 3.05) is 0 Å². The van der Waals surface area contributed by atoms with E-state index >= 15 is 0 Å². The van der Waals surface area contributed by atoms with E-state index in [1.807, 2.05) is 18.2 Å². The Labute approximate surface area is 132 Å². The van der Waals surface area contributed by atoms with Gasteiger partial charge in [-0.25, -0.2) is 0 Å². The third-order valence-corrected chi connectivity index (χ3v) is 3.80. The molecule has 1 heteroatoms. The van der Waals surface area contributed by atoms with Crippen LogP contribution in [0.4, 0.5) is 0 Å². The minimum Gasteiger partial charge on any atom is -0.489 e. The first-order valence-electron chi connectivity index (χ1n) is 7.57. The van der Waals surface area contributed by atoms with Crippen LogP contribution in [0.2, 0.25) is 0 Å². The van der Waals surface area contributed by atoms with Crippen molar-refractivity contribution in [2.24, 2.45) is 0 Å². The number of hydrogen-bond donors (Lipinski definition) is 0. The van der Waals surface area contributed by atoms with Crippen LogP contribution >= 0.6 is 0 Å². The van der Waals surface area contributed by atoms with E-state index in [2.05, 4.69) is 68.4 Å². The molecule has 0 aliphatic rings. The molecule has 0 saturated heterocycles. The average molecular weight is 288 g/mol. The Morgan fingerprint density at radius 3 is 2.09 bits per heavy atom. The Morgan fingerprint density at radius 1 is 0.727 bits per heavy atom. The van der Waals surface area contributed by atoms with E-state index in [4.69, 9.17) is 4.74 Å². The molecule has 0 bridgehead atoms. The van der Waals surface area contributed by atoms with Crippen LogP contribution < -0.4 is 4.74 Å². The molecule has 0 N–H and O–H groups in total. The second kappa shape index (κ2) is 6.48. The summed E-state index contributed by atoms with van der Waals surface area (Å²) in [6.45, 7) is 4.80. The molecule has 0 aliphatic heterocycles. The van der Waals surface area contributed by atoms with Gasteiger partial charge in [0.15, 0.2) is 0 Å². The van der Waals surface area contributed by atoms with E-state index in [0.717, 1.165) is 11.3 Å². The smallest absolute Gasteiger partial charge is 0.122 e. The van der Waals surface area contributed by atoms with E-state index in [0.29, 0.717) is 6.61 Å². The Bertz CT molecular complexity index is 743. The first kappa shape index (κ1) is 14.4. The zero-order valence-corrected chi connectivity index (χ0v) is 13.0. The fraction of sp³-hybridized carbons (Fsp3) is 0.143. The van der Waals surface area contributed by atoms with Crippen molar-refractivity contribution < 1.29 is 4.74 Å². The molecular weight excluding hydrogens is 268 g/mol. The highest BCUT2D eigenvalue weighted by atomic mass is 16.5. The van der Waals surface area contributed by atoms with E-state index < -0.39 is 0 Å². The summed E-state index contributed by atoms with van der Waals surface area (Å²) >= 11 is 0. The molecule has 0 unspecified atom stereocenters. The molecule has 0 aliphatic carbocycles. The van der Waals surface area contributed by atoms with Crippen LogP contribution in [0.1, 0.15) is 16.7 Å². The normalized spacial score (nSPS) is 10.5. The third-order valence-electron chi connectivity index (χ3n) is 3.80. The van der Waals surface area contributed by atoms with Gasteiger partial charge < -0.3 is 4.74 Å². The minimum atomic E-state index is 0.603. The predicted octanol–water partition coefficient (Wildman–Crippen LogP) is 5.55. The van der Waals surface area contributed by atoms with Crippen molar-refractivity contribution in [1.82, 2.24) is 0 Å². The fourth-order valence-corrected chi connectivity index (χ4v) is 2.47.